The normalized spacial score (nSPS) is 19.5. The maximum Gasteiger partial charge on any atom is 0.338 e. The lowest BCUT2D eigenvalue weighted by Crippen LogP contribution is -2.64. The second kappa shape index (κ2) is 18.5. The highest BCUT2D eigenvalue weighted by molar-refractivity contribution is 7.89. The summed E-state index contributed by atoms with van der Waals surface area (Å²) in [6, 6.07) is 9.55. The molecule has 3 atom stereocenters. The van der Waals surface area contributed by atoms with Crippen LogP contribution in [0.2, 0.25) is 5.02 Å². The lowest BCUT2D eigenvalue weighted by Gasteiger charge is -2.43. The van der Waals surface area contributed by atoms with E-state index in [1.807, 2.05) is 24.0 Å². The van der Waals surface area contributed by atoms with Gasteiger partial charge in [-0.05, 0) is 86.9 Å². The van der Waals surface area contributed by atoms with Gasteiger partial charge in [0, 0.05) is 37.2 Å². The first-order chi connectivity index (χ1) is 25.4. The molecule has 1 heterocycles. The fraction of sp³-hybridized carbons (Fsp3) is 0.553. The second-order valence-electron chi connectivity index (χ2n) is 14.1. The Morgan fingerprint density at radius 3 is 2.21 bits per heavy atom. The molecule has 0 unspecified atom stereocenters. The summed E-state index contributed by atoms with van der Waals surface area (Å²) in [6.07, 6.45) is 6.45. The first-order valence-electron chi connectivity index (χ1n) is 18.6. The number of benzene rings is 2. The molecule has 2 saturated carbocycles. The highest BCUT2D eigenvalue weighted by Crippen LogP contribution is 2.29. The van der Waals surface area contributed by atoms with Crippen LogP contribution < -0.4 is 15.4 Å². The maximum atomic E-state index is 14.5. The van der Waals surface area contributed by atoms with Crippen LogP contribution in [0, 0.1) is 5.92 Å². The van der Waals surface area contributed by atoms with Crippen molar-refractivity contribution in [3.8, 4) is 0 Å². The number of esters is 1. The van der Waals surface area contributed by atoms with Crippen molar-refractivity contribution in [1.29, 1.82) is 0 Å². The molecule has 3 amide bonds. The minimum atomic E-state index is -4.20. The molecule has 53 heavy (non-hydrogen) atoms. The number of ether oxygens (including phenoxy) is 1. The number of halogens is 1. The molecular weight excluding hydrogens is 722 g/mol. The Kier molecular flexibility index (Phi) is 14.0. The predicted octanol–water partition coefficient (Wildman–Crippen LogP) is 3.59. The number of amides is 3. The molecule has 288 valence electrons. The summed E-state index contributed by atoms with van der Waals surface area (Å²) < 4.78 is 35.2. The number of Topliss-reactive ketones (excluding diaryl/α,β-unsaturated/α-hetero) is 1. The molecular formula is C38H50ClN5O8S. The van der Waals surface area contributed by atoms with Gasteiger partial charge in [0.1, 0.15) is 12.1 Å². The van der Waals surface area contributed by atoms with Gasteiger partial charge in [0.2, 0.25) is 27.6 Å². The van der Waals surface area contributed by atoms with Crippen LogP contribution in [0.3, 0.4) is 0 Å². The summed E-state index contributed by atoms with van der Waals surface area (Å²) in [5.74, 6) is -3.19. The Labute approximate surface area is 316 Å². The van der Waals surface area contributed by atoms with Gasteiger partial charge < -0.3 is 20.3 Å². The molecule has 2 aromatic carbocycles. The summed E-state index contributed by atoms with van der Waals surface area (Å²) in [5.41, 5.74) is 1.09. The summed E-state index contributed by atoms with van der Waals surface area (Å²) >= 11 is 6.12. The van der Waals surface area contributed by atoms with Gasteiger partial charge in [0.05, 0.1) is 23.1 Å². The van der Waals surface area contributed by atoms with Crippen LogP contribution in [-0.2, 0) is 40.5 Å². The molecule has 1 saturated heterocycles. The number of hydrogen-bond donors (Lipinski definition) is 3. The molecule has 3 aliphatic rings. The van der Waals surface area contributed by atoms with Crippen LogP contribution in [0.5, 0.6) is 0 Å². The van der Waals surface area contributed by atoms with Crippen LogP contribution in [0.4, 0.5) is 0 Å². The number of carbonyl (C=O) groups excluding carboxylic acids is 5. The summed E-state index contributed by atoms with van der Waals surface area (Å²) in [5, 5.41) is 6.10. The van der Waals surface area contributed by atoms with Crippen LogP contribution in [0.25, 0.3) is 0 Å². The third-order valence-corrected chi connectivity index (χ3v) is 11.8. The lowest BCUT2D eigenvalue weighted by atomic mass is 9.83. The highest BCUT2D eigenvalue weighted by atomic mass is 35.5. The molecule has 3 fully saturated rings. The van der Waals surface area contributed by atoms with E-state index in [2.05, 4.69) is 15.4 Å². The monoisotopic (exact) mass is 771 g/mol. The third kappa shape index (κ3) is 10.9. The Bertz CT molecular complexity index is 1730. The van der Waals surface area contributed by atoms with Gasteiger partial charge in [-0.25, -0.2) is 13.2 Å². The zero-order valence-electron chi connectivity index (χ0n) is 30.4. The van der Waals surface area contributed by atoms with Crippen LogP contribution in [0.1, 0.15) is 87.6 Å². The van der Waals surface area contributed by atoms with Crippen LogP contribution in [0.15, 0.2) is 53.4 Å². The SMILES string of the molecule is CCC[C@H](NC(=O)[C@H]1CN(C(=O)[C@@H](NS(=O)(=O)c2ccc(C(=O)OCC)cc2)C2CCCCC2)CCN1Cc1ccc(Cl)cc1)C(=O)C(=O)NC1CC1. The number of ketones is 1. The molecule has 0 bridgehead atoms. The second-order valence-corrected chi connectivity index (χ2v) is 16.3. The smallest absolute Gasteiger partial charge is 0.338 e. The van der Waals surface area contributed by atoms with Crippen molar-refractivity contribution in [3.05, 3.63) is 64.7 Å². The largest absolute Gasteiger partial charge is 0.462 e. The van der Waals surface area contributed by atoms with Crippen molar-refractivity contribution < 1.29 is 37.1 Å². The van der Waals surface area contributed by atoms with E-state index in [-0.39, 0.29) is 48.5 Å². The molecule has 0 spiro atoms. The number of piperazine rings is 1. The minimum absolute atomic E-state index is 0.0179. The molecule has 2 aromatic rings. The summed E-state index contributed by atoms with van der Waals surface area (Å²) in [7, 11) is -4.20. The number of carbonyl (C=O) groups is 5. The topological polar surface area (TPSA) is 171 Å². The first-order valence-corrected chi connectivity index (χ1v) is 20.5. The summed E-state index contributed by atoms with van der Waals surface area (Å²) in [4.78, 5) is 70.0. The number of nitrogens with zero attached hydrogens (tertiary/aromatic N) is 2. The van der Waals surface area contributed by atoms with Gasteiger partial charge in [0.15, 0.2) is 0 Å². The molecule has 15 heteroatoms. The van der Waals surface area contributed by atoms with E-state index in [4.69, 9.17) is 16.3 Å². The fourth-order valence-electron chi connectivity index (χ4n) is 6.98. The van der Waals surface area contributed by atoms with Crippen molar-refractivity contribution in [3.63, 3.8) is 0 Å². The van der Waals surface area contributed by atoms with E-state index in [1.54, 1.807) is 19.1 Å². The minimum Gasteiger partial charge on any atom is -0.462 e. The van der Waals surface area contributed by atoms with Crippen molar-refractivity contribution in [1.82, 2.24) is 25.2 Å². The zero-order valence-corrected chi connectivity index (χ0v) is 31.9. The van der Waals surface area contributed by atoms with Gasteiger partial charge in [-0.2, -0.15) is 4.72 Å². The Hall–Kier alpha value is -3.85. The van der Waals surface area contributed by atoms with Gasteiger partial charge in [0.25, 0.3) is 5.91 Å². The average Bonchev–Trinajstić information content (AvgIpc) is 3.98. The molecule has 0 aromatic heterocycles. The molecule has 13 nitrogen and oxygen atoms in total. The van der Waals surface area contributed by atoms with Gasteiger partial charge in [-0.15, -0.1) is 0 Å². The number of sulfonamides is 1. The lowest BCUT2D eigenvalue weighted by molar-refractivity contribution is -0.143. The molecule has 3 N–H and O–H groups in total. The van der Waals surface area contributed by atoms with E-state index in [0.29, 0.717) is 37.4 Å². The highest BCUT2D eigenvalue weighted by Gasteiger charge is 2.42. The Morgan fingerprint density at radius 1 is 0.906 bits per heavy atom. The molecule has 5 rings (SSSR count). The molecule has 1 aliphatic heterocycles. The van der Waals surface area contributed by atoms with Crippen molar-refractivity contribution >= 4 is 51.1 Å². The van der Waals surface area contributed by atoms with Crippen molar-refractivity contribution in [2.24, 2.45) is 5.92 Å². The Morgan fingerprint density at radius 2 is 1.58 bits per heavy atom. The van der Waals surface area contributed by atoms with Gasteiger partial charge in [-0.1, -0.05) is 56.3 Å². The van der Waals surface area contributed by atoms with E-state index < -0.39 is 57.6 Å². The predicted molar refractivity (Wildman–Crippen MR) is 198 cm³/mol. The molecule has 0 radical (unpaired) electrons. The van der Waals surface area contributed by atoms with Gasteiger partial charge >= 0.3 is 5.97 Å². The van der Waals surface area contributed by atoms with Crippen molar-refractivity contribution in [2.45, 2.75) is 107 Å². The average molecular weight is 772 g/mol. The number of nitrogens with one attached hydrogen (secondary N) is 3. The fourth-order valence-corrected chi connectivity index (χ4v) is 8.37. The molecule has 2 aliphatic carbocycles. The van der Waals surface area contributed by atoms with E-state index in [1.165, 1.54) is 29.2 Å². The zero-order chi connectivity index (χ0) is 38.1. The van der Waals surface area contributed by atoms with Crippen molar-refractivity contribution in [2.75, 3.05) is 26.2 Å². The van der Waals surface area contributed by atoms with Gasteiger partial charge in [-0.3, -0.25) is 24.1 Å². The van der Waals surface area contributed by atoms with E-state index in [9.17, 15) is 32.4 Å². The number of hydrogen-bond acceptors (Lipinski definition) is 9. The standard InChI is InChI=1S/C38H50ClN5O8S/c1-3-8-31(34(45)36(47)40-29-17-18-29)41-35(46)32-24-44(22-21-43(32)23-25-11-15-28(39)16-12-25)37(48)33(26-9-6-5-7-10-26)42-53(50,51)30-19-13-27(14-20-30)38(49)52-4-2/h11-16,19-20,26,29,31-33,42H,3-10,17-18,21-24H2,1-2H3,(H,40,47)(H,41,46)/t31-,32+,33-/m0/s1. The number of rotatable bonds is 16. The maximum absolute atomic E-state index is 14.5. The Balaban J connectivity index is 1.38. The van der Waals surface area contributed by atoms with E-state index in [0.717, 1.165) is 37.7 Å². The third-order valence-electron chi connectivity index (χ3n) is 10.1. The quantitative estimate of drug-likeness (QED) is 0.171. The van der Waals surface area contributed by atoms with Crippen LogP contribution >= 0.6 is 11.6 Å². The summed E-state index contributed by atoms with van der Waals surface area (Å²) in [6.45, 7) is 4.54. The first kappa shape index (κ1) is 40.3. The van der Waals surface area contributed by atoms with E-state index >= 15 is 0 Å². The van der Waals surface area contributed by atoms with Crippen LogP contribution in [-0.4, -0.2) is 98.1 Å².